The molecule has 178 valence electrons. The Kier molecular flexibility index (Phi) is 6.33. The lowest BCUT2D eigenvalue weighted by Crippen LogP contribution is -2.17. The molecule has 8 nitrogen and oxygen atoms in total. The number of aryl methyl sites for hydroxylation is 3. The molecule has 0 amide bonds. The summed E-state index contributed by atoms with van der Waals surface area (Å²) in [6, 6.07) is 11.9. The molecule has 0 fully saturated rings. The molecule has 0 saturated heterocycles. The van der Waals surface area contributed by atoms with E-state index >= 15 is 0 Å². The van der Waals surface area contributed by atoms with Crippen LogP contribution in [-0.2, 0) is 27.6 Å². The van der Waals surface area contributed by atoms with Crippen molar-refractivity contribution in [3.05, 3.63) is 76.1 Å². The minimum atomic E-state index is -4.12. The Bertz CT molecular complexity index is 1400. The number of esters is 1. The Balaban J connectivity index is 1.52. The van der Waals surface area contributed by atoms with Crippen molar-refractivity contribution in [2.75, 3.05) is 13.7 Å². The molecule has 0 bridgehead atoms. The van der Waals surface area contributed by atoms with Gasteiger partial charge in [0.1, 0.15) is 10.6 Å². The number of nitrogens with zero attached hydrogens (tertiary/aromatic N) is 1. The Labute approximate surface area is 198 Å². The van der Waals surface area contributed by atoms with Crippen molar-refractivity contribution >= 4 is 21.8 Å². The highest BCUT2D eigenvalue weighted by atomic mass is 32.2. The molecule has 0 unspecified atom stereocenters. The molecule has 1 aromatic heterocycles. The molecular formula is C25H26N2O6S. The zero-order chi connectivity index (χ0) is 24.6. The molecule has 0 atom stereocenters. The Morgan fingerprint density at radius 2 is 1.76 bits per heavy atom. The van der Waals surface area contributed by atoms with E-state index in [1.165, 1.54) is 30.4 Å². The number of ether oxygens (including phenoxy) is 2. The second-order valence-electron chi connectivity index (χ2n) is 8.34. The summed E-state index contributed by atoms with van der Waals surface area (Å²) in [4.78, 5) is 25.0. The molecule has 0 aliphatic heterocycles. The van der Waals surface area contributed by atoms with Crippen molar-refractivity contribution < 1.29 is 27.5 Å². The first-order valence-corrected chi connectivity index (χ1v) is 12.4. The van der Waals surface area contributed by atoms with Gasteiger partial charge < -0.3 is 14.0 Å². The third-order valence-electron chi connectivity index (χ3n) is 6.11. The topological polar surface area (TPSA) is 118 Å². The Morgan fingerprint density at radius 1 is 1.03 bits per heavy atom. The number of methoxy groups -OCH3 is 1. The summed E-state index contributed by atoms with van der Waals surface area (Å²) in [6.45, 7) is 3.30. The van der Waals surface area contributed by atoms with Gasteiger partial charge in [0.2, 0.25) is 15.8 Å². The normalized spacial score (nSPS) is 12.9. The van der Waals surface area contributed by atoms with Gasteiger partial charge in [0.05, 0.1) is 12.7 Å². The Hall–Kier alpha value is -3.43. The highest BCUT2D eigenvalue weighted by Crippen LogP contribution is 2.28. The number of rotatable bonds is 7. The molecular weight excluding hydrogens is 456 g/mol. The van der Waals surface area contributed by atoms with Gasteiger partial charge in [0.15, 0.2) is 6.61 Å². The molecule has 34 heavy (non-hydrogen) atoms. The van der Waals surface area contributed by atoms with Crippen LogP contribution in [-0.4, -0.2) is 38.5 Å². The van der Waals surface area contributed by atoms with Crippen molar-refractivity contribution in [3.63, 3.8) is 0 Å². The largest absolute Gasteiger partial charge is 0.495 e. The number of carbonyl (C=O) groups is 2. The highest BCUT2D eigenvalue weighted by molar-refractivity contribution is 7.89. The van der Waals surface area contributed by atoms with Gasteiger partial charge in [0, 0.05) is 22.6 Å². The fourth-order valence-electron chi connectivity index (χ4n) is 4.46. The zero-order valence-corrected chi connectivity index (χ0v) is 20.1. The van der Waals surface area contributed by atoms with Crippen LogP contribution in [0.15, 0.2) is 47.4 Å². The lowest BCUT2D eigenvalue weighted by Gasteiger charge is -2.12. The maximum atomic E-state index is 12.9. The number of aromatic nitrogens is 1. The lowest BCUT2D eigenvalue weighted by molar-refractivity contribution is 0.0474. The summed E-state index contributed by atoms with van der Waals surface area (Å²) in [5, 5.41) is 5.19. The van der Waals surface area contributed by atoms with Gasteiger partial charge in [-0.25, -0.2) is 18.4 Å². The predicted octanol–water partition coefficient (Wildman–Crippen LogP) is 3.28. The quantitative estimate of drug-likeness (QED) is 0.408. The van der Waals surface area contributed by atoms with Crippen molar-refractivity contribution in [2.24, 2.45) is 5.14 Å². The third-order valence-corrected chi connectivity index (χ3v) is 7.04. The number of benzene rings is 2. The van der Waals surface area contributed by atoms with Gasteiger partial charge in [-0.15, -0.1) is 0 Å². The molecule has 0 saturated carbocycles. The van der Waals surface area contributed by atoms with Gasteiger partial charge in [-0.3, -0.25) is 4.79 Å². The van der Waals surface area contributed by atoms with Crippen LogP contribution in [0.3, 0.4) is 0 Å². The summed E-state index contributed by atoms with van der Waals surface area (Å²) in [5.74, 6) is -1.18. The Morgan fingerprint density at radius 3 is 2.47 bits per heavy atom. The number of primary sulfonamides is 1. The van der Waals surface area contributed by atoms with Crippen molar-refractivity contribution in [3.8, 4) is 11.4 Å². The molecule has 9 heteroatoms. The van der Waals surface area contributed by atoms with E-state index in [0.717, 1.165) is 42.4 Å². The van der Waals surface area contributed by atoms with E-state index in [9.17, 15) is 18.0 Å². The molecule has 2 N–H and O–H groups in total. The number of hydrogen-bond acceptors (Lipinski definition) is 6. The van der Waals surface area contributed by atoms with Crippen LogP contribution < -0.4 is 9.88 Å². The number of ketones is 1. The number of sulfonamides is 1. The summed E-state index contributed by atoms with van der Waals surface area (Å²) in [6.07, 6.45) is 3.31. The number of hydrogen-bond donors (Lipinski definition) is 1. The second-order valence-corrected chi connectivity index (χ2v) is 9.87. The van der Waals surface area contributed by atoms with E-state index in [2.05, 4.69) is 18.2 Å². The first-order valence-electron chi connectivity index (χ1n) is 10.8. The number of fused-ring (bicyclic) bond motifs is 1. The maximum Gasteiger partial charge on any atom is 0.338 e. The molecule has 4 rings (SSSR count). The first-order chi connectivity index (χ1) is 16.1. The standard InChI is InChI=1S/C25H26N2O6S/c1-15-11-21(16(2)27(15)20-9-7-17-5-4-6-18(17)12-20)22(28)14-33-25(29)19-8-10-23(32-3)24(13-19)34(26,30)31/h7-13H,4-6,14H2,1-3H3,(H2,26,30,31). The smallest absolute Gasteiger partial charge is 0.338 e. The lowest BCUT2D eigenvalue weighted by atomic mass is 10.1. The molecule has 1 heterocycles. The van der Waals surface area contributed by atoms with E-state index in [1.54, 1.807) is 6.07 Å². The van der Waals surface area contributed by atoms with E-state index in [-0.39, 0.29) is 22.0 Å². The third kappa shape index (κ3) is 4.49. The van der Waals surface area contributed by atoms with Gasteiger partial charge in [0.25, 0.3) is 0 Å². The van der Waals surface area contributed by atoms with Crippen LogP contribution in [0.4, 0.5) is 0 Å². The summed E-state index contributed by atoms with van der Waals surface area (Å²) in [7, 11) is -2.82. The fraction of sp³-hybridized carbons (Fsp3) is 0.280. The number of carbonyl (C=O) groups excluding carboxylic acids is 2. The van der Waals surface area contributed by atoms with Crippen LogP contribution >= 0.6 is 0 Å². The van der Waals surface area contributed by atoms with Gasteiger partial charge >= 0.3 is 5.97 Å². The predicted molar refractivity (Wildman–Crippen MR) is 126 cm³/mol. The van der Waals surface area contributed by atoms with Crippen LogP contribution in [0.2, 0.25) is 0 Å². The first kappa shape index (κ1) is 23.7. The van der Waals surface area contributed by atoms with E-state index < -0.39 is 22.6 Å². The van der Waals surface area contributed by atoms with E-state index in [1.807, 2.05) is 18.4 Å². The van der Waals surface area contributed by atoms with Crippen LogP contribution in [0, 0.1) is 13.8 Å². The minimum absolute atomic E-state index is 0.00845. The van der Waals surface area contributed by atoms with Crippen LogP contribution in [0.1, 0.15) is 49.7 Å². The van der Waals surface area contributed by atoms with Crippen molar-refractivity contribution in [2.45, 2.75) is 38.0 Å². The van der Waals surface area contributed by atoms with Crippen LogP contribution in [0.25, 0.3) is 5.69 Å². The van der Waals surface area contributed by atoms with Gasteiger partial charge in [-0.1, -0.05) is 6.07 Å². The van der Waals surface area contributed by atoms with E-state index in [4.69, 9.17) is 14.6 Å². The average Bonchev–Trinajstić information content (AvgIpc) is 3.39. The number of Topliss-reactive ketones (excluding diaryl/α,β-unsaturated/α-hetero) is 1. The summed E-state index contributed by atoms with van der Waals surface area (Å²) in [5.41, 5.74) is 5.78. The second kappa shape index (κ2) is 9.08. The minimum Gasteiger partial charge on any atom is -0.495 e. The maximum absolute atomic E-state index is 12.9. The SMILES string of the molecule is COc1ccc(C(=O)OCC(=O)c2cc(C)n(-c3ccc4c(c3)CCC4)c2C)cc1S(N)(=O)=O. The summed E-state index contributed by atoms with van der Waals surface area (Å²) < 4.78 is 35.7. The van der Waals surface area contributed by atoms with Crippen LogP contribution in [0.5, 0.6) is 5.75 Å². The van der Waals surface area contributed by atoms with Crippen molar-refractivity contribution in [1.82, 2.24) is 4.57 Å². The fourth-order valence-corrected chi connectivity index (χ4v) is 5.18. The molecule has 1 aliphatic rings. The highest BCUT2D eigenvalue weighted by Gasteiger charge is 2.22. The van der Waals surface area contributed by atoms with Gasteiger partial charge in [-0.2, -0.15) is 0 Å². The zero-order valence-electron chi connectivity index (χ0n) is 19.3. The van der Waals surface area contributed by atoms with E-state index in [0.29, 0.717) is 5.56 Å². The molecule has 2 aromatic carbocycles. The molecule has 3 aromatic rings. The number of nitrogens with two attached hydrogens (primary N) is 1. The average molecular weight is 483 g/mol. The van der Waals surface area contributed by atoms with Crippen molar-refractivity contribution in [1.29, 1.82) is 0 Å². The molecule has 0 spiro atoms. The monoisotopic (exact) mass is 482 g/mol. The molecule has 1 aliphatic carbocycles. The molecule has 0 radical (unpaired) electrons. The summed E-state index contributed by atoms with van der Waals surface area (Å²) >= 11 is 0. The van der Waals surface area contributed by atoms with Gasteiger partial charge in [-0.05, 0) is 80.6 Å².